The molecule has 0 bridgehead atoms. The number of amides is 2. The van der Waals surface area contributed by atoms with Gasteiger partial charge in [0.1, 0.15) is 5.75 Å². The third-order valence-electron chi connectivity index (χ3n) is 4.31. The van der Waals surface area contributed by atoms with Crippen molar-refractivity contribution in [1.82, 2.24) is 15.2 Å². The predicted molar refractivity (Wildman–Crippen MR) is 99.2 cm³/mol. The zero-order chi connectivity index (χ0) is 18.4. The lowest BCUT2D eigenvalue weighted by atomic mass is 10.2. The lowest BCUT2D eigenvalue weighted by Crippen LogP contribution is -2.36. The molecule has 0 radical (unpaired) electrons. The average molecular weight is 355 g/mol. The van der Waals surface area contributed by atoms with Gasteiger partial charge in [0.15, 0.2) is 0 Å². The largest absolute Gasteiger partial charge is 0.497 e. The van der Waals surface area contributed by atoms with E-state index in [1.54, 1.807) is 25.3 Å². The van der Waals surface area contributed by atoms with Crippen molar-refractivity contribution in [2.24, 2.45) is 5.92 Å². The third-order valence-corrected chi connectivity index (χ3v) is 4.31. The second-order valence-electron chi connectivity index (χ2n) is 6.63. The molecule has 1 aliphatic carbocycles. The summed E-state index contributed by atoms with van der Waals surface area (Å²) in [6.45, 7) is 1.69. The Morgan fingerprint density at radius 2 is 2.12 bits per heavy atom. The molecule has 1 heterocycles. The van der Waals surface area contributed by atoms with Gasteiger partial charge in [0.05, 0.1) is 13.7 Å². The second kappa shape index (κ2) is 8.56. The van der Waals surface area contributed by atoms with Gasteiger partial charge in [0.2, 0.25) is 5.88 Å². The molecule has 6 nitrogen and oxygen atoms in total. The van der Waals surface area contributed by atoms with Crippen molar-refractivity contribution in [3.05, 3.63) is 53.7 Å². The number of carbonyl (C=O) groups excluding carboxylic acids is 1. The molecule has 3 rings (SSSR count). The Kier molecular flexibility index (Phi) is 5.94. The molecule has 2 amide bonds. The summed E-state index contributed by atoms with van der Waals surface area (Å²) in [7, 11) is 3.40. The number of urea groups is 1. The van der Waals surface area contributed by atoms with Crippen LogP contribution in [0.2, 0.25) is 0 Å². The van der Waals surface area contributed by atoms with Crippen molar-refractivity contribution in [3.63, 3.8) is 0 Å². The van der Waals surface area contributed by atoms with Crippen LogP contribution in [0.25, 0.3) is 0 Å². The van der Waals surface area contributed by atoms with Crippen LogP contribution >= 0.6 is 0 Å². The fraction of sp³-hybridized carbons (Fsp3) is 0.400. The van der Waals surface area contributed by atoms with E-state index in [1.165, 1.54) is 12.8 Å². The van der Waals surface area contributed by atoms with E-state index in [4.69, 9.17) is 9.47 Å². The molecule has 1 saturated carbocycles. The summed E-state index contributed by atoms with van der Waals surface area (Å²) in [6.07, 6.45) is 4.26. The molecule has 0 saturated heterocycles. The minimum absolute atomic E-state index is 0.137. The van der Waals surface area contributed by atoms with Crippen LogP contribution in [0, 0.1) is 5.92 Å². The molecule has 1 aliphatic rings. The first-order valence-corrected chi connectivity index (χ1v) is 8.83. The zero-order valence-corrected chi connectivity index (χ0v) is 15.3. The number of carbonyl (C=O) groups is 1. The van der Waals surface area contributed by atoms with Gasteiger partial charge in [-0.2, -0.15) is 0 Å². The number of aromatic nitrogens is 1. The number of nitrogens with zero attached hydrogens (tertiary/aromatic N) is 2. The van der Waals surface area contributed by atoms with Gasteiger partial charge in [-0.05, 0) is 42.0 Å². The molecule has 1 fully saturated rings. The maximum atomic E-state index is 12.3. The number of methoxy groups -OCH3 is 1. The molecule has 1 aromatic heterocycles. The van der Waals surface area contributed by atoms with Gasteiger partial charge in [-0.25, -0.2) is 9.78 Å². The fourth-order valence-electron chi connectivity index (χ4n) is 2.52. The van der Waals surface area contributed by atoms with Crippen molar-refractivity contribution in [1.29, 1.82) is 0 Å². The van der Waals surface area contributed by atoms with Crippen molar-refractivity contribution in [3.8, 4) is 11.6 Å². The molecule has 0 unspecified atom stereocenters. The number of ether oxygens (including phenoxy) is 2. The van der Waals surface area contributed by atoms with E-state index in [0.29, 0.717) is 24.9 Å². The second-order valence-corrected chi connectivity index (χ2v) is 6.63. The first kappa shape index (κ1) is 18.0. The average Bonchev–Trinajstić information content (AvgIpc) is 3.50. The highest BCUT2D eigenvalue weighted by Crippen LogP contribution is 2.29. The number of pyridine rings is 1. The van der Waals surface area contributed by atoms with Gasteiger partial charge < -0.3 is 19.7 Å². The van der Waals surface area contributed by atoms with E-state index in [9.17, 15) is 4.79 Å². The Morgan fingerprint density at radius 3 is 2.81 bits per heavy atom. The number of rotatable bonds is 8. The summed E-state index contributed by atoms with van der Waals surface area (Å²) in [5, 5.41) is 2.90. The summed E-state index contributed by atoms with van der Waals surface area (Å²) in [5.41, 5.74) is 1.95. The summed E-state index contributed by atoms with van der Waals surface area (Å²) >= 11 is 0. The van der Waals surface area contributed by atoms with Gasteiger partial charge in [-0.1, -0.05) is 18.2 Å². The van der Waals surface area contributed by atoms with Gasteiger partial charge in [-0.3, -0.25) is 0 Å². The van der Waals surface area contributed by atoms with Gasteiger partial charge >= 0.3 is 6.03 Å². The molecule has 26 heavy (non-hydrogen) atoms. The summed E-state index contributed by atoms with van der Waals surface area (Å²) in [6, 6.07) is 11.3. The van der Waals surface area contributed by atoms with Crippen LogP contribution in [0.1, 0.15) is 24.0 Å². The van der Waals surface area contributed by atoms with Crippen molar-refractivity contribution >= 4 is 6.03 Å². The van der Waals surface area contributed by atoms with Crippen LogP contribution in [0.4, 0.5) is 4.79 Å². The molecular formula is C20H25N3O3. The highest BCUT2D eigenvalue weighted by Gasteiger charge is 2.22. The quantitative estimate of drug-likeness (QED) is 0.790. The first-order chi connectivity index (χ1) is 12.6. The van der Waals surface area contributed by atoms with Crippen molar-refractivity contribution in [2.45, 2.75) is 25.9 Å². The Balaban J connectivity index is 1.44. The van der Waals surface area contributed by atoms with Crippen LogP contribution in [0.5, 0.6) is 11.6 Å². The van der Waals surface area contributed by atoms with E-state index < -0.39 is 0 Å². The highest BCUT2D eigenvalue weighted by atomic mass is 16.5. The molecule has 0 aliphatic heterocycles. The van der Waals surface area contributed by atoms with Crippen molar-refractivity contribution in [2.75, 3.05) is 20.8 Å². The number of benzene rings is 1. The maximum Gasteiger partial charge on any atom is 0.317 e. The standard InChI is InChI=1S/C20H25N3O3/c1-23(13-16-4-3-5-18(10-16)25-2)20(24)22-12-17-8-9-19(21-11-17)26-14-15-6-7-15/h3-5,8-11,15H,6-7,12-14H2,1-2H3,(H,22,24). The normalized spacial score (nSPS) is 13.2. The molecule has 0 spiro atoms. The van der Waals surface area contributed by atoms with Gasteiger partial charge in [0, 0.05) is 32.4 Å². The topological polar surface area (TPSA) is 63.7 Å². The van der Waals surface area contributed by atoms with Crippen LogP contribution in [-0.4, -0.2) is 36.7 Å². The summed E-state index contributed by atoms with van der Waals surface area (Å²) in [4.78, 5) is 18.2. The molecule has 0 atom stereocenters. The zero-order valence-electron chi connectivity index (χ0n) is 15.3. The van der Waals surface area contributed by atoms with Crippen LogP contribution in [0.15, 0.2) is 42.6 Å². The van der Waals surface area contributed by atoms with Gasteiger partial charge in [-0.15, -0.1) is 0 Å². The molecular weight excluding hydrogens is 330 g/mol. The maximum absolute atomic E-state index is 12.3. The third kappa shape index (κ3) is 5.37. The Hall–Kier alpha value is -2.76. The van der Waals surface area contributed by atoms with E-state index in [0.717, 1.165) is 23.5 Å². The Labute approximate surface area is 154 Å². The van der Waals surface area contributed by atoms with Crippen LogP contribution < -0.4 is 14.8 Å². The minimum atomic E-state index is -0.137. The minimum Gasteiger partial charge on any atom is -0.497 e. The van der Waals surface area contributed by atoms with E-state index in [2.05, 4.69) is 10.3 Å². The fourth-order valence-corrected chi connectivity index (χ4v) is 2.52. The van der Waals surface area contributed by atoms with E-state index in [-0.39, 0.29) is 6.03 Å². The lowest BCUT2D eigenvalue weighted by molar-refractivity contribution is 0.206. The number of hydrogen-bond acceptors (Lipinski definition) is 4. The number of hydrogen-bond donors (Lipinski definition) is 1. The Morgan fingerprint density at radius 1 is 1.27 bits per heavy atom. The first-order valence-electron chi connectivity index (χ1n) is 8.83. The molecule has 2 aromatic rings. The van der Waals surface area contributed by atoms with Crippen LogP contribution in [-0.2, 0) is 13.1 Å². The summed E-state index contributed by atoms with van der Waals surface area (Å²) in [5.74, 6) is 2.13. The summed E-state index contributed by atoms with van der Waals surface area (Å²) < 4.78 is 10.8. The SMILES string of the molecule is COc1cccc(CN(C)C(=O)NCc2ccc(OCC3CC3)nc2)c1. The molecule has 138 valence electrons. The van der Waals surface area contributed by atoms with Gasteiger partial charge in [0.25, 0.3) is 0 Å². The highest BCUT2D eigenvalue weighted by molar-refractivity contribution is 5.73. The monoisotopic (exact) mass is 355 g/mol. The molecule has 6 heteroatoms. The van der Waals surface area contributed by atoms with Crippen molar-refractivity contribution < 1.29 is 14.3 Å². The lowest BCUT2D eigenvalue weighted by Gasteiger charge is -2.18. The van der Waals surface area contributed by atoms with E-state index >= 15 is 0 Å². The molecule has 1 aromatic carbocycles. The Bertz CT molecular complexity index is 729. The predicted octanol–water partition coefficient (Wildman–Crippen LogP) is 3.22. The van der Waals surface area contributed by atoms with E-state index in [1.807, 2.05) is 36.4 Å². The van der Waals surface area contributed by atoms with Crippen LogP contribution in [0.3, 0.4) is 0 Å². The number of nitrogens with one attached hydrogen (secondary N) is 1. The smallest absolute Gasteiger partial charge is 0.317 e. The molecule has 1 N–H and O–H groups in total.